The fraction of sp³-hybridized carbons (Fsp3) is 0.111. The number of nitrogens with zero attached hydrogens (tertiary/aromatic N) is 3. The van der Waals surface area contributed by atoms with Crippen LogP contribution in [-0.2, 0) is 4.79 Å². The number of nitrogens with one attached hydrogen (secondary N) is 2. The Hall–Kier alpha value is -2.89. The van der Waals surface area contributed by atoms with Crippen LogP contribution < -0.4 is 10.6 Å². The Morgan fingerprint density at radius 1 is 1.12 bits per heavy atom. The predicted octanol–water partition coefficient (Wildman–Crippen LogP) is 4.19. The third-order valence-electron chi connectivity index (χ3n) is 3.33. The van der Waals surface area contributed by atoms with Crippen LogP contribution in [0.3, 0.4) is 0 Å². The molecule has 0 radical (unpaired) electrons. The highest BCUT2D eigenvalue weighted by Gasteiger charge is 2.09. The van der Waals surface area contributed by atoms with Gasteiger partial charge in [0.15, 0.2) is 4.34 Å². The number of aromatic nitrogens is 2. The van der Waals surface area contributed by atoms with Gasteiger partial charge in [-0.2, -0.15) is 5.26 Å². The zero-order valence-corrected chi connectivity index (χ0v) is 15.5. The molecule has 1 amide bonds. The molecule has 3 rings (SSSR count). The third-order valence-corrected chi connectivity index (χ3v) is 5.31. The summed E-state index contributed by atoms with van der Waals surface area (Å²) >= 11 is 2.73. The summed E-state index contributed by atoms with van der Waals surface area (Å²) in [5, 5.41) is 23.6. The molecule has 1 aromatic heterocycles. The Morgan fingerprint density at radius 2 is 1.81 bits per heavy atom. The number of rotatable bonds is 6. The molecule has 0 aliphatic rings. The highest BCUT2D eigenvalue weighted by atomic mass is 32.2. The number of nitriles is 1. The lowest BCUT2D eigenvalue weighted by molar-refractivity contribution is -0.113. The minimum absolute atomic E-state index is 0.136. The van der Waals surface area contributed by atoms with E-state index in [4.69, 9.17) is 5.26 Å². The molecule has 3 aromatic rings. The Kier molecular flexibility index (Phi) is 5.84. The van der Waals surface area contributed by atoms with E-state index >= 15 is 0 Å². The van der Waals surface area contributed by atoms with E-state index in [0.29, 0.717) is 16.4 Å². The lowest BCUT2D eigenvalue weighted by Crippen LogP contribution is -2.13. The number of benzene rings is 2. The number of carbonyl (C=O) groups is 1. The summed E-state index contributed by atoms with van der Waals surface area (Å²) in [5.74, 6) is 0.0991. The molecule has 0 saturated heterocycles. The summed E-state index contributed by atoms with van der Waals surface area (Å²) in [4.78, 5) is 12.0. The summed E-state index contributed by atoms with van der Waals surface area (Å²) < 4.78 is 0.717. The van der Waals surface area contributed by atoms with Crippen LogP contribution in [0.2, 0.25) is 0 Å². The quantitative estimate of drug-likeness (QED) is 0.622. The van der Waals surface area contributed by atoms with E-state index in [1.54, 1.807) is 24.3 Å². The van der Waals surface area contributed by atoms with E-state index in [-0.39, 0.29) is 11.7 Å². The molecular formula is C18H15N5OS2. The normalized spacial score (nSPS) is 10.2. The van der Waals surface area contributed by atoms with Crippen molar-refractivity contribution >= 4 is 45.5 Å². The maximum absolute atomic E-state index is 12.0. The predicted molar refractivity (Wildman–Crippen MR) is 105 cm³/mol. The van der Waals surface area contributed by atoms with Crippen molar-refractivity contribution in [3.63, 3.8) is 0 Å². The molecule has 26 heavy (non-hydrogen) atoms. The molecule has 0 bridgehead atoms. The van der Waals surface area contributed by atoms with Gasteiger partial charge in [0.2, 0.25) is 11.0 Å². The first-order valence-electron chi connectivity index (χ1n) is 7.72. The van der Waals surface area contributed by atoms with Gasteiger partial charge in [0.25, 0.3) is 0 Å². The van der Waals surface area contributed by atoms with Crippen LogP contribution in [0.4, 0.5) is 16.5 Å². The minimum Gasteiger partial charge on any atom is -0.330 e. The van der Waals surface area contributed by atoms with E-state index in [9.17, 15) is 4.79 Å². The molecular weight excluding hydrogens is 366 g/mol. The Morgan fingerprint density at radius 3 is 2.50 bits per heavy atom. The highest BCUT2D eigenvalue weighted by molar-refractivity contribution is 8.01. The van der Waals surface area contributed by atoms with Crippen molar-refractivity contribution in [2.24, 2.45) is 0 Å². The van der Waals surface area contributed by atoms with Gasteiger partial charge in [-0.3, -0.25) is 4.79 Å². The fourth-order valence-electron chi connectivity index (χ4n) is 2.03. The molecule has 1 heterocycles. The number of hydrogen-bond donors (Lipinski definition) is 2. The molecule has 0 atom stereocenters. The molecule has 0 spiro atoms. The van der Waals surface area contributed by atoms with Gasteiger partial charge in [0.1, 0.15) is 0 Å². The van der Waals surface area contributed by atoms with Gasteiger partial charge in [-0.25, -0.2) is 0 Å². The topological polar surface area (TPSA) is 90.7 Å². The number of carbonyl (C=O) groups excluding carboxylic acids is 1. The molecule has 8 heteroatoms. The summed E-state index contributed by atoms with van der Waals surface area (Å²) in [6.45, 7) is 2.03. The van der Waals surface area contributed by atoms with Gasteiger partial charge in [0, 0.05) is 11.4 Å². The van der Waals surface area contributed by atoms with Crippen LogP contribution in [0.25, 0.3) is 0 Å². The molecule has 2 aromatic carbocycles. The van der Waals surface area contributed by atoms with Crippen molar-refractivity contribution in [1.29, 1.82) is 5.26 Å². The minimum atomic E-state index is -0.136. The maximum atomic E-state index is 12.0. The van der Waals surface area contributed by atoms with Gasteiger partial charge in [-0.15, -0.1) is 10.2 Å². The lowest BCUT2D eigenvalue weighted by atomic mass is 10.2. The number of anilines is 3. The first-order chi connectivity index (χ1) is 12.6. The summed E-state index contributed by atoms with van der Waals surface area (Å²) in [7, 11) is 0. The van der Waals surface area contributed by atoms with Crippen LogP contribution in [0.5, 0.6) is 0 Å². The molecule has 130 valence electrons. The van der Waals surface area contributed by atoms with Crippen molar-refractivity contribution in [2.75, 3.05) is 16.4 Å². The number of thioether (sulfide) groups is 1. The average Bonchev–Trinajstić information content (AvgIpc) is 3.10. The standard InChI is InChI=1S/C18H15N5OS2/c1-12-2-6-15(7-3-12)21-17-22-23-18(26-17)25-11-16(24)20-14-8-4-13(10-19)5-9-14/h2-9H,11H2,1H3,(H,20,24)(H,21,22). The summed E-state index contributed by atoms with van der Waals surface area (Å²) in [5.41, 5.74) is 3.35. The van der Waals surface area contributed by atoms with E-state index < -0.39 is 0 Å². The van der Waals surface area contributed by atoms with Crippen molar-refractivity contribution in [3.05, 3.63) is 59.7 Å². The smallest absolute Gasteiger partial charge is 0.234 e. The SMILES string of the molecule is Cc1ccc(Nc2nnc(SCC(=O)Nc3ccc(C#N)cc3)s2)cc1. The van der Waals surface area contributed by atoms with E-state index in [2.05, 4.69) is 20.8 Å². The van der Waals surface area contributed by atoms with Gasteiger partial charge in [-0.1, -0.05) is 40.8 Å². The Bertz CT molecular complexity index is 929. The molecule has 0 unspecified atom stereocenters. The van der Waals surface area contributed by atoms with E-state index in [1.165, 1.54) is 28.7 Å². The van der Waals surface area contributed by atoms with E-state index in [1.807, 2.05) is 37.3 Å². The third kappa shape index (κ3) is 5.05. The monoisotopic (exact) mass is 381 g/mol. The number of amides is 1. The maximum Gasteiger partial charge on any atom is 0.234 e. The van der Waals surface area contributed by atoms with Crippen molar-refractivity contribution in [3.8, 4) is 6.07 Å². The lowest BCUT2D eigenvalue weighted by Gasteiger charge is -2.03. The zero-order chi connectivity index (χ0) is 18.4. The second-order valence-electron chi connectivity index (χ2n) is 5.39. The van der Waals surface area contributed by atoms with Gasteiger partial charge in [0.05, 0.1) is 17.4 Å². The number of aryl methyl sites for hydroxylation is 1. The van der Waals surface area contributed by atoms with Crippen LogP contribution in [0, 0.1) is 18.3 Å². The molecule has 0 fully saturated rings. The molecule has 2 N–H and O–H groups in total. The van der Waals surface area contributed by atoms with Gasteiger partial charge >= 0.3 is 0 Å². The first-order valence-corrected chi connectivity index (χ1v) is 9.52. The highest BCUT2D eigenvalue weighted by Crippen LogP contribution is 2.27. The van der Waals surface area contributed by atoms with Crippen molar-refractivity contribution < 1.29 is 4.79 Å². The average molecular weight is 381 g/mol. The van der Waals surface area contributed by atoms with Crippen molar-refractivity contribution in [2.45, 2.75) is 11.3 Å². The molecule has 0 aliphatic carbocycles. The second-order valence-corrected chi connectivity index (χ2v) is 7.59. The molecule has 0 aliphatic heterocycles. The van der Waals surface area contributed by atoms with Crippen LogP contribution in [0.1, 0.15) is 11.1 Å². The fourth-order valence-corrected chi connectivity index (χ4v) is 3.60. The first kappa shape index (κ1) is 17.9. The zero-order valence-electron chi connectivity index (χ0n) is 13.9. The summed E-state index contributed by atoms with van der Waals surface area (Å²) in [6, 6.07) is 16.8. The van der Waals surface area contributed by atoms with Gasteiger partial charge < -0.3 is 10.6 Å². The van der Waals surface area contributed by atoms with Crippen LogP contribution in [0.15, 0.2) is 52.9 Å². The summed E-state index contributed by atoms with van der Waals surface area (Å²) in [6.07, 6.45) is 0. The Labute approximate surface area is 159 Å². The second kappa shape index (κ2) is 8.47. The molecule has 0 saturated carbocycles. The number of hydrogen-bond acceptors (Lipinski definition) is 7. The van der Waals surface area contributed by atoms with Crippen LogP contribution in [-0.4, -0.2) is 21.9 Å². The van der Waals surface area contributed by atoms with Crippen molar-refractivity contribution in [1.82, 2.24) is 10.2 Å². The van der Waals surface area contributed by atoms with E-state index in [0.717, 1.165) is 10.0 Å². The van der Waals surface area contributed by atoms with Gasteiger partial charge in [-0.05, 0) is 43.3 Å². The largest absolute Gasteiger partial charge is 0.330 e. The molecule has 6 nitrogen and oxygen atoms in total. The van der Waals surface area contributed by atoms with Crippen LogP contribution >= 0.6 is 23.1 Å². The Balaban J connectivity index is 1.50.